The van der Waals surface area contributed by atoms with Gasteiger partial charge in [0, 0.05) is 25.7 Å². The lowest BCUT2D eigenvalue weighted by Gasteiger charge is -2.31. The maximum absolute atomic E-state index is 5.68. The molecule has 3 nitrogen and oxygen atoms in total. The molecule has 1 aliphatic rings. The second kappa shape index (κ2) is 6.99. The average Bonchev–Trinajstić information content (AvgIpc) is 2.23. The molecule has 0 aromatic carbocycles. The highest BCUT2D eigenvalue weighted by Crippen LogP contribution is 2.03. The van der Waals surface area contributed by atoms with E-state index in [4.69, 9.17) is 4.74 Å². The highest BCUT2D eigenvalue weighted by Gasteiger charge is 2.17. The molecule has 1 heterocycles. The number of hydrogen-bond acceptors (Lipinski definition) is 3. The summed E-state index contributed by atoms with van der Waals surface area (Å²) >= 11 is 0. The molecule has 0 radical (unpaired) electrons. The van der Waals surface area contributed by atoms with Crippen LogP contribution in [0, 0.1) is 0 Å². The molecule has 0 bridgehead atoms. The summed E-state index contributed by atoms with van der Waals surface area (Å²) in [7, 11) is 2.15. The first-order valence-electron chi connectivity index (χ1n) is 5.86. The van der Waals surface area contributed by atoms with E-state index in [1.807, 2.05) is 6.08 Å². The van der Waals surface area contributed by atoms with Gasteiger partial charge in [0.1, 0.15) is 0 Å². The molecule has 0 aromatic heterocycles. The van der Waals surface area contributed by atoms with Crippen molar-refractivity contribution in [3.05, 3.63) is 12.7 Å². The Balaban J connectivity index is 2.10. The van der Waals surface area contributed by atoms with Crippen molar-refractivity contribution in [3.8, 4) is 0 Å². The molecule has 3 heteroatoms. The first kappa shape index (κ1) is 12.7. The molecule has 1 aliphatic heterocycles. The van der Waals surface area contributed by atoms with Gasteiger partial charge in [0.2, 0.25) is 0 Å². The van der Waals surface area contributed by atoms with Gasteiger partial charge in [-0.1, -0.05) is 6.08 Å². The number of morpholine rings is 1. The summed E-state index contributed by atoms with van der Waals surface area (Å²) in [6.45, 7) is 9.88. The number of hydrogen-bond donors (Lipinski definition) is 1. The Bertz CT molecular complexity index is 184. The van der Waals surface area contributed by atoms with Crippen molar-refractivity contribution in [2.45, 2.75) is 31.9 Å². The Morgan fingerprint density at radius 1 is 1.67 bits per heavy atom. The fourth-order valence-electron chi connectivity index (χ4n) is 1.79. The maximum atomic E-state index is 5.68. The van der Waals surface area contributed by atoms with Crippen LogP contribution in [-0.2, 0) is 4.74 Å². The van der Waals surface area contributed by atoms with E-state index in [0.717, 1.165) is 39.1 Å². The number of rotatable bonds is 6. The van der Waals surface area contributed by atoms with Crippen molar-refractivity contribution in [2.24, 2.45) is 0 Å². The molecule has 1 saturated heterocycles. The lowest BCUT2D eigenvalue weighted by molar-refractivity contribution is -0.0191. The highest BCUT2D eigenvalue weighted by atomic mass is 16.5. The predicted molar refractivity (Wildman–Crippen MR) is 64.1 cm³/mol. The van der Waals surface area contributed by atoms with Crippen molar-refractivity contribution >= 4 is 0 Å². The van der Waals surface area contributed by atoms with Crippen LogP contribution in [0.25, 0.3) is 0 Å². The maximum Gasteiger partial charge on any atom is 0.0826 e. The Kier molecular flexibility index (Phi) is 5.91. The summed E-state index contributed by atoms with van der Waals surface area (Å²) in [6.07, 6.45) is 4.57. The largest absolute Gasteiger partial charge is 0.374 e. The summed E-state index contributed by atoms with van der Waals surface area (Å²) in [6, 6.07) is 0.554. The Hall–Kier alpha value is -0.380. The van der Waals surface area contributed by atoms with E-state index in [-0.39, 0.29) is 0 Å². The lowest BCUT2D eigenvalue weighted by atomic mass is 10.1. The lowest BCUT2D eigenvalue weighted by Crippen LogP contribution is -2.46. The molecule has 1 N–H and O–H groups in total. The van der Waals surface area contributed by atoms with E-state index < -0.39 is 0 Å². The van der Waals surface area contributed by atoms with E-state index in [1.54, 1.807) is 0 Å². The van der Waals surface area contributed by atoms with Gasteiger partial charge in [0.05, 0.1) is 12.7 Å². The third-order valence-corrected chi connectivity index (χ3v) is 2.84. The van der Waals surface area contributed by atoms with Crippen LogP contribution < -0.4 is 5.32 Å². The molecular weight excluding hydrogens is 188 g/mol. The van der Waals surface area contributed by atoms with Crippen molar-refractivity contribution in [1.29, 1.82) is 0 Å². The second-order valence-corrected chi connectivity index (χ2v) is 4.43. The van der Waals surface area contributed by atoms with E-state index in [0.29, 0.717) is 12.1 Å². The SMILES string of the molecule is C=CCC[C@@H](C)NC[C@H]1CN(C)CCO1. The third-order valence-electron chi connectivity index (χ3n) is 2.84. The van der Waals surface area contributed by atoms with Gasteiger partial charge in [0.15, 0.2) is 0 Å². The summed E-state index contributed by atoms with van der Waals surface area (Å²) in [5.74, 6) is 0. The smallest absolute Gasteiger partial charge is 0.0826 e. The van der Waals surface area contributed by atoms with Crippen LogP contribution in [0.4, 0.5) is 0 Å². The molecule has 15 heavy (non-hydrogen) atoms. The van der Waals surface area contributed by atoms with Gasteiger partial charge in [0.25, 0.3) is 0 Å². The Morgan fingerprint density at radius 3 is 3.13 bits per heavy atom. The van der Waals surface area contributed by atoms with Gasteiger partial charge in [-0.2, -0.15) is 0 Å². The van der Waals surface area contributed by atoms with Crippen LogP contribution in [-0.4, -0.2) is 50.3 Å². The van der Waals surface area contributed by atoms with Crippen LogP contribution in [0.1, 0.15) is 19.8 Å². The Labute approximate surface area is 93.5 Å². The second-order valence-electron chi connectivity index (χ2n) is 4.43. The van der Waals surface area contributed by atoms with Crippen molar-refractivity contribution in [2.75, 3.05) is 33.3 Å². The van der Waals surface area contributed by atoms with Gasteiger partial charge in [-0.15, -0.1) is 6.58 Å². The summed E-state index contributed by atoms with van der Waals surface area (Å²) in [4.78, 5) is 2.32. The van der Waals surface area contributed by atoms with Gasteiger partial charge in [-0.25, -0.2) is 0 Å². The molecular formula is C12H24N2O. The molecule has 0 amide bonds. The third kappa shape index (κ3) is 5.30. The Morgan fingerprint density at radius 2 is 2.47 bits per heavy atom. The average molecular weight is 212 g/mol. The molecule has 0 aliphatic carbocycles. The minimum absolute atomic E-state index is 0.356. The number of allylic oxidation sites excluding steroid dienone is 1. The molecule has 88 valence electrons. The fourth-order valence-corrected chi connectivity index (χ4v) is 1.79. The monoisotopic (exact) mass is 212 g/mol. The summed E-state index contributed by atoms with van der Waals surface area (Å²) in [5.41, 5.74) is 0. The zero-order valence-electron chi connectivity index (χ0n) is 10.0. The minimum Gasteiger partial charge on any atom is -0.374 e. The number of nitrogens with zero attached hydrogens (tertiary/aromatic N) is 1. The minimum atomic E-state index is 0.356. The summed E-state index contributed by atoms with van der Waals surface area (Å²) in [5, 5.41) is 3.51. The first-order valence-corrected chi connectivity index (χ1v) is 5.86. The van der Waals surface area contributed by atoms with Gasteiger partial charge < -0.3 is 15.0 Å². The van der Waals surface area contributed by atoms with Crippen molar-refractivity contribution in [3.63, 3.8) is 0 Å². The zero-order valence-corrected chi connectivity index (χ0v) is 10.0. The quantitative estimate of drug-likeness (QED) is 0.671. The molecule has 0 spiro atoms. The van der Waals surface area contributed by atoms with E-state index in [9.17, 15) is 0 Å². The van der Waals surface area contributed by atoms with Crippen molar-refractivity contribution < 1.29 is 4.74 Å². The number of likely N-dealkylation sites (N-methyl/N-ethyl adjacent to an activating group) is 1. The standard InChI is InChI=1S/C12H24N2O/c1-4-5-6-11(2)13-9-12-10-14(3)7-8-15-12/h4,11-13H,1,5-10H2,2-3H3/t11-,12+/m1/s1. The molecule has 0 saturated carbocycles. The molecule has 0 unspecified atom stereocenters. The van der Waals surface area contributed by atoms with Gasteiger partial charge in [-0.3, -0.25) is 0 Å². The highest BCUT2D eigenvalue weighted by molar-refractivity contribution is 4.75. The topological polar surface area (TPSA) is 24.5 Å². The van der Waals surface area contributed by atoms with Crippen LogP contribution in [0.3, 0.4) is 0 Å². The van der Waals surface area contributed by atoms with Crippen LogP contribution in [0.2, 0.25) is 0 Å². The summed E-state index contributed by atoms with van der Waals surface area (Å²) < 4.78 is 5.68. The molecule has 1 rings (SSSR count). The molecule has 0 aromatic rings. The van der Waals surface area contributed by atoms with Crippen LogP contribution >= 0.6 is 0 Å². The van der Waals surface area contributed by atoms with Gasteiger partial charge in [-0.05, 0) is 26.8 Å². The van der Waals surface area contributed by atoms with Gasteiger partial charge >= 0.3 is 0 Å². The first-order chi connectivity index (χ1) is 7.22. The molecule has 1 fully saturated rings. The van der Waals surface area contributed by atoms with E-state index >= 15 is 0 Å². The number of nitrogens with one attached hydrogen (secondary N) is 1. The van der Waals surface area contributed by atoms with E-state index in [2.05, 4.69) is 30.8 Å². The van der Waals surface area contributed by atoms with Crippen LogP contribution in [0.5, 0.6) is 0 Å². The van der Waals surface area contributed by atoms with Crippen molar-refractivity contribution in [1.82, 2.24) is 10.2 Å². The predicted octanol–water partition coefficient (Wildman–Crippen LogP) is 1.26. The fraction of sp³-hybridized carbons (Fsp3) is 0.833. The zero-order chi connectivity index (χ0) is 11.1. The molecule has 2 atom stereocenters. The number of ether oxygens (including phenoxy) is 1. The van der Waals surface area contributed by atoms with Crippen LogP contribution in [0.15, 0.2) is 12.7 Å². The van der Waals surface area contributed by atoms with E-state index in [1.165, 1.54) is 0 Å². The normalized spacial score (nSPS) is 25.1.